The lowest BCUT2D eigenvalue weighted by Gasteiger charge is -2.13. The van der Waals surface area contributed by atoms with E-state index in [9.17, 15) is 13.6 Å². The molecule has 28 heavy (non-hydrogen) atoms. The summed E-state index contributed by atoms with van der Waals surface area (Å²) in [5.41, 5.74) is 6.40. The van der Waals surface area contributed by atoms with Gasteiger partial charge in [-0.25, -0.2) is 18.6 Å². The van der Waals surface area contributed by atoms with Gasteiger partial charge in [-0.3, -0.25) is 0 Å². The van der Waals surface area contributed by atoms with Gasteiger partial charge in [-0.15, -0.1) is 11.8 Å². The predicted molar refractivity (Wildman–Crippen MR) is 103 cm³/mol. The highest BCUT2D eigenvalue weighted by molar-refractivity contribution is 7.98. The van der Waals surface area contributed by atoms with Gasteiger partial charge in [0, 0.05) is 10.8 Å². The lowest BCUT2D eigenvalue weighted by atomic mass is 10.1. The van der Waals surface area contributed by atoms with E-state index in [2.05, 4.69) is 9.97 Å². The number of rotatable bonds is 6. The molecule has 0 aliphatic heterocycles. The highest BCUT2D eigenvalue weighted by Gasteiger charge is 2.24. The molecule has 0 fully saturated rings. The summed E-state index contributed by atoms with van der Waals surface area (Å²) < 4.78 is 38.4. The average molecular weight is 407 g/mol. The molecule has 0 aliphatic rings. The van der Waals surface area contributed by atoms with Crippen molar-refractivity contribution in [1.82, 2.24) is 9.97 Å². The minimum atomic E-state index is -0.600. The fraction of sp³-hybridized carbons (Fsp3) is 0.316. The lowest BCUT2D eigenvalue weighted by molar-refractivity contribution is 0.0526. The first-order chi connectivity index (χ1) is 13.3. The van der Waals surface area contributed by atoms with Crippen LogP contribution in [0.2, 0.25) is 0 Å². The van der Waals surface area contributed by atoms with Gasteiger partial charge in [0.1, 0.15) is 34.6 Å². The SMILES string of the molecule is CCOC(=O)c1c(C)oc2nc(CSC(C)c3c(F)cccc3F)nc(N)c12. The quantitative estimate of drug-likeness (QED) is 0.599. The van der Waals surface area contributed by atoms with Crippen LogP contribution in [0.1, 0.15) is 46.6 Å². The second-order valence-electron chi connectivity index (χ2n) is 6.05. The van der Waals surface area contributed by atoms with Crippen LogP contribution in [0.3, 0.4) is 0 Å². The average Bonchev–Trinajstić information content (AvgIpc) is 2.96. The monoisotopic (exact) mass is 407 g/mol. The van der Waals surface area contributed by atoms with Crippen molar-refractivity contribution in [3.63, 3.8) is 0 Å². The van der Waals surface area contributed by atoms with Crippen molar-refractivity contribution in [1.29, 1.82) is 0 Å². The molecule has 0 radical (unpaired) electrons. The summed E-state index contributed by atoms with van der Waals surface area (Å²) in [6.07, 6.45) is 0. The smallest absolute Gasteiger partial charge is 0.342 e. The van der Waals surface area contributed by atoms with Crippen LogP contribution in [0.25, 0.3) is 11.1 Å². The Morgan fingerprint density at radius 3 is 2.64 bits per heavy atom. The molecular weight excluding hydrogens is 388 g/mol. The number of hydrogen-bond donors (Lipinski definition) is 1. The predicted octanol–water partition coefficient (Wildman–Crippen LogP) is 4.56. The van der Waals surface area contributed by atoms with Crippen molar-refractivity contribution < 1.29 is 22.7 Å². The summed E-state index contributed by atoms with van der Waals surface area (Å²) >= 11 is 1.26. The molecule has 1 atom stereocenters. The van der Waals surface area contributed by atoms with Crippen molar-refractivity contribution in [2.24, 2.45) is 0 Å². The van der Waals surface area contributed by atoms with Gasteiger partial charge in [0.05, 0.1) is 17.7 Å². The number of aromatic nitrogens is 2. The van der Waals surface area contributed by atoms with Crippen molar-refractivity contribution in [2.45, 2.75) is 31.8 Å². The molecule has 0 bridgehead atoms. The summed E-state index contributed by atoms with van der Waals surface area (Å²) in [7, 11) is 0. The van der Waals surface area contributed by atoms with Crippen molar-refractivity contribution in [3.05, 3.63) is 52.5 Å². The van der Waals surface area contributed by atoms with Crippen LogP contribution in [0.4, 0.5) is 14.6 Å². The highest BCUT2D eigenvalue weighted by atomic mass is 32.2. The van der Waals surface area contributed by atoms with Crippen LogP contribution in [0.15, 0.2) is 22.6 Å². The zero-order valence-electron chi connectivity index (χ0n) is 15.6. The van der Waals surface area contributed by atoms with Gasteiger partial charge in [-0.1, -0.05) is 6.07 Å². The van der Waals surface area contributed by atoms with Gasteiger partial charge in [0.2, 0.25) is 5.71 Å². The molecule has 0 amide bonds. The number of benzene rings is 1. The first-order valence-electron chi connectivity index (χ1n) is 8.61. The number of aryl methyl sites for hydroxylation is 1. The molecule has 0 saturated carbocycles. The minimum Gasteiger partial charge on any atom is -0.462 e. The molecule has 3 rings (SSSR count). The maximum atomic E-state index is 13.9. The van der Waals surface area contributed by atoms with Gasteiger partial charge in [-0.2, -0.15) is 4.98 Å². The molecule has 3 aromatic rings. The summed E-state index contributed by atoms with van der Waals surface area (Å²) in [6, 6.07) is 3.76. The third kappa shape index (κ3) is 3.80. The number of nitrogens with zero attached hydrogens (tertiary/aromatic N) is 2. The topological polar surface area (TPSA) is 91.2 Å². The minimum absolute atomic E-state index is 0.00000891. The molecule has 1 unspecified atom stereocenters. The molecule has 2 aromatic heterocycles. The van der Waals surface area contributed by atoms with Crippen molar-refractivity contribution in [3.8, 4) is 0 Å². The molecule has 0 spiro atoms. The normalized spacial score (nSPS) is 12.3. The number of ether oxygens (including phenoxy) is 1. The van der Waals surface area contributed by atoms with Crippen LogP contribution in [0.5, 0.6) is 0 Å². The number of carbonyl (C=O) groups excluding carboxylic acids is 1. The highest BCUT2D eigenvalue weighted by Crippen LogP contribution is 2.35. The Morgan fingerprint density at radius 2 is 2.00 bits per heavy atom. The Balaban J connectivity index is 1.86. The number of anilines is 1. The van der Waals surface area contributed by atoms with Crippen LogP contribution in [-0.4, -0.2) is 22.5 Å². The molecule has 9 heteroatoms. The zero-order chi connectivity index (χ0) is 20.4. The van der Waals surface area contributed by atoms with E-state index in [1.807, 2.05) is 0 Å². The Hall–Kier alpha value is -2.68. The molecular formula is C19H19F2N3O3S. The van der Waals surface area contributed by atoms with Crippen LogP contribution >= 0.6 is 11.8 Å². The summed E-state index contributed by atoms with van der Waals surface area (Å²) in [6.45, 7) is 5.23. The number of carbonyl (C=O) groups is 1. The summed E-state index contributed by atoms with van der Waals surface area (Å²) in [5, 5.41) is -0.159. The number of esters is 1. The standard InChI is InChI=1S/C19H19F2N3O3S/c1-4-26-19(25)14-9(2)27-18-16(14)17(22)23-13(24-18)8-28-10(3)15-11(20)6-5-7-12(15)21/h5-7,10H,4,8H2,1-3H3,(H2,22,23,24). The third-order valence-electron chi connectivity index (χ3n) is 4.15. The van der Waals surface area contributed by atoms with Gasteiger partial charge in [-0.05, 0) is 32.9 Å². The van der Waals surface area contributed by atoms with E-state index >= 15 is 0 Å². The van der Waals surface area contributed by atoms with Crippen LogP contribution in [0, 0.1) is 18.6 Å². The Bertz CT molecular complexity index is 1020. The van der Waals surface area contributed by atoms with Gasteiger partial charge in [0.15, 0.2) is 0 Å². The molecule has 0 saturated heterocycles. The van der Waals surface area contributed by atoms with E-state index in [4.69, 9.17) is 14.9 Å². The second-order valence-corrected chi connectivity index (χ2v) is 7.38. The van der Waals surface area contributed by atoms with Crippen LogP contribution in [-0.2, 0) is 10.5 Å². The first kappa shape index (κ1) is 20.1. The Labute approximate surface area is 164 Å². The number of nitrogen functional groups attached to an aromatic ring is 1. The Morgan fingerprint density at radius 1 is 1.32 bits per heavy atom. The van der Waals surface area contributed by atoms with Crippen molar-refractivity contribution >= 4 is 34.6 Å². The molecule has 148 valence electrons. The molecule has 6 nitrogen and oxygen atoms in total. The van der Waals surface area contributed by atoms with Gasteiger partial charge in [0.25, 0.3) is 0 Å². The van der Waals surface area contributed by atoms with Gasteiger partial charge >= 0.3 is 5.97 Å². The lowest BCUT2D eigenvalue weighted by Crippen LogP contribution is -2.07. The molecule has 2 N–H and O–H groups in total. The molecule has 0 aliphatic carbocycles. The second kappa shape index (κ2) is 8.14. The third-order valence-corrected chi connectivity index (χ3v) is 5.31. The van der Waals surface area contributed by atoms with E-state index in [1.54, 1.807) is 20.8 Å². The van der Waals surface area contributed by atoms with E-state index < -0.39 is 22.9 Å². The maximum Gasteiger partial charge on any atom is 0.342 e. The number of fused-ring (bicyclic) bond motifs is 1. The van der Waals surface area contributed by atoms with Crippen LogP contribution < -0.4 is 5.73 Å². The van der Waals surface area contributed by atoms with E-state index in [-0.39, 0.29) is 35.0 Å². The number of thioether (sulfide) groups is 1. The fourth-order valence-corrected chi connectivity index (χ4v) is 3.80. The molecule has 1 aromatic carbocycles. The van der Waals surface area contributed by atoms with E-state index in [0.29, 0.717) is 17.0 Å². The molecule has 2 heterocycles. The number of hydrogen-bond acceptors (Lipinski definition) is 7. The fourth-order valence-electron chi connectivity index (χ4n) is 2.88. The Kier molecular flexibility index (Phi) is 5.83. The number of furan rings is 1. The van der Waals surface area contributed by atoms with E-state index in [0.717, 1.165) is 0 Å². The largest absolute Gasteiger partial charge is 0.462 e. The number of nitrogens with two attached hydrogens (primary N) is 1. The van der Waals surface area contributed by atoms with E-state index in [1.165, 1.54) is 30.0 Å². The maximum absolute atomic E-state index is 13.9. The number of halogens is 2. The summed E-state index contributed by atoms with van der Waals surface area (Å²) in [4.78, 5) is 20.7. The zero-order valence-corrected chi connectivity index (χ0v) is 16.4. The first-order valence-corrected chi connectivity index (χ1v) is 9.66. The van der Waals surface area contributed by atoms with Gasteiger partial charge < -0.3 is 14.9 Å². The summed E-state index contributed by atoms with van der Waals surface area (Å²) in [5.74, 6) is -0.745. The van der Waals surface area contributed by atoms with Crippen molar-refractivity contribution in [2.75, 3.05) is 12.3 Å².